The van der Waals surface area contributed by atoms with E-state index in [0.29, 0.717) is 0 Å². The molecule has 0 bridgehead atoms. The topological polar surface area (TPSA) is 35.6 Å². The third-order valence-corrected chi connectivity index (χ3v) is 13.3. The Bertz CT molecular complexity index is 3710. The number of para-hydroxylation sites is 3. The molecule has 0 spiro atoms. The largest absolute Gasteiger partial charge is 0.309 e. The summed E-state index contributed by atoms with van der Waals surface area (Å²) in [5.41, 5.74) is 21.8. The Labute approximate surface area is 384 Å². The number of aryl methyl sites for hydroxylation is 4. The van der Waals surface area contributed by atoms with Gasteiger partial charge in [-0.15, -0.1) is 0 Å². The van der Waals surface area contributed by atoms with E-state index in [1.54, 1.807) is 0 Å². The maximum Gasteiger partial charge on any atom is 0.160 e. The lowest BCUT2D eigenvalue weighted by atomic mass is 9.93. The summed E-state index contributed by atoms with van der Waals surface area (Å²) < 4.78 is 4.84. The van der Waals surface area contributed by atoms with Crippen LogP contribution >= 0.6 is 0 Å². The molecule has 0 saturated heterocycles. The predicted molar refractivity (Wildman–Crippen MR) is 277 cm³/mol. The van der Waals surface area contributed by atoms with E-state index in [4.69, 9.17) is 9.97 Å². The van der Waals surface area contributed by atoms with Crippen molar-refractivity contribution in [2.75, 3.05) is 0 Å². The van der Waals surface area contributed by atoms with E-state index in [1.165, 1.54) is 88.2 Å². The molecule has 0 aliphatic heterocycles. The Hall–Kier alpha value is -8.34. The monoisotopic (exact) mass is 846 g/mol. The van der Waals surface area contributed by atoms with Crippen LogP contribution < -0.4 is 0 Å². The fourth-order valence-electron chi connectivity index (χ4n) is 10.2. The molecule has 66 heavy (non-hydrogen) atoms. The highest BCUT2D eigenvalue weighted by molar-refractivity contribution is 6.12. The van der Waals surface area contributed by atoms with Gasteiger partial charge in [0.1, 0.15) is 0 Å². The average Bonchev–Trinajstić information content (AvgIpc) is 3.86. The average molecular weight is 847 g/mol. The third-order valence-electron chi connectivity index (χ3n) is 13.3. The van der Waals surface area contributed by atoms with Crippen molar-refractivity contribution in [1.29, 1.82) is 0 Å². The number of hydrogen-bond acceptors (Lipinski definition) is 2. The molecule has 0 atom stereocenters. The molecular weight excluding hydrogens is 801 g/mol. The number of hydrogen-bond donors (Lipinski definition) is 0. The molecule has 0 aliphatic rings. The van der Waals surface area contributed by atoms with Gasteiger partial charge in [-0.3, -0.25) is 0 Å². The highest BCUT2D eigenvalue weighted by Crippen LogP contribution is 2.39. The fraction of sp³-hybridized carbons (Fsp3) is 0.0645. The summed E-state index contributed by atoms with van der Waals surface area (Å²) in [7, 11) is 0. The molecule has 4 heteroatoms. The molecular formula is C62H46N4. The summed E-state index contributed by atoms with van der Waals surface area (Å²) in [5.74, 6) is 0.728. The number of rotatable bonds is 7. The van der Waals surface area contributed by atoms with Crippen LogP contribution in [0, 0.1) is 27.7 Å². The maximum atomic E-state index is 5.10. The van der Waals surface area contributed by atoms with Crippen LogP contribution in [0.5, 0.6) is 0 Å². The first-order valence-electron chi connectivity index (χ1n) is 22.7. The van der Waals surface area contributed by atoms with Gasteiger partial charge >= 0.3 is 0 Å². The van der Waals surface area contributed by atoms with Crippen LogP contribution in [-0.2, 0) is 0 Å². The van der Waals surface area contributed by atoms with Crippen molar-refractivity contribution in [3.05, 3.63) is 229 Å². The molecule has 12 aromatic rings. The van der Waals surface area contributed by atoms with Gasteiger partial charge in [0.05, 0.1) is 33.5 Å². The second-order valence-corrected chi connectivity index (χ2v) is 17.7. The van der Waals surface area contributed by atoms with E-state index in [1.807, 2.05) is 0 Å². The SMILES string of the molecule is Cc1cccc(-c2cc(-c3ccc(-c4ccc(-c5c(C)cc(-n6c7ccccc7c7cc(-n8c9ccccc9c9ccccc98)ccc76)cc5C)cc4)cc3)nc(-c3cccc(C)c3)n2)c1. The first-order chi connectivity index (χ1) is 32.3. The molecule has 3 aromatic heterocycles. The molecule has 0 radical (unpaired) electrons. The number of nitrogens with zero attached hydrogens (tertiary/aromatic N) is 4. The molecule has 0 unspecified atom stereocenters. The molecule has 0 amide bonds. The van der Waals surface area contributed by atoms with Crippen LogP contribution in [0.15, 0.2) is 206 Å². The van der Waals surface area contributed by atoms with Crippen LogP contribution in [0.4, 0.5) is 0 Å². The summed E-state index contributed by atoms with van der Waals surface area (Å²) in [5, 5.41) is 5.02. The zero-order chi connectivity index (χ0) is 44.5. The van der Waals surface area contributed by atoms with E-state index < -0.39 is 0 Å². The molecule has 4 nitrogen and oxygen atoms in total. The number of benzene rings is 9. The molecule has 3 heterocycles. The number of fused-ring (bicyclic) bond motifs is 6. The van der Waals surface area contributed by atoms with Gasteiger partial charge in [-0.25, -0.2) is 9.97 Å². The van der Waals surface area contributed by atoms with Crippen molar-refractivity contribution in [3.8, 4) is 67.5 Å². The van der Waals surface area contributed by atoms with Crippen molar-refractivity contribution >= 4 is 43.6 Å². The Kier molecular flexibility index (Phi) is 9.35. The van der Waals surface area contributed by atoms with Gasteiger partial charge in [-0.1, -0.05) is 151 Å². The van der Waals surface area contributed by atoms with Gasteiger partial charge in [0.2, 0.25) is 0 Å². The number of aromatic nitrogens is 4. The lowest BCUT2D eigenvalue weighted by Gasteiger charge is -2.16. The molecule has 9 aromatic carbocycles. The summed E-state index contributed by atoms with van der Waals surface area (Å²) in [6.07, 6.45) is 0. The van der Waals surface area contributed by atoms with E-state index in [-0.39, 0.29) is 0 Å². The van der Waals surface area contributed by atoms with Crippen molar-refractivity contribution in [3.63, 3.8) is 0 Å². The fourth-order valence-corrected chi connectivity index (χ4v) is 10.2. The minimum atomic E-state index is 0.728. The van der Waals surface area contributed by atoms with Gasteiger partial charge in [0, 0.05) is 49.6 Å². The standard InChI is InChI=1S/C62H46N4/c1-39-13-11-15-47(33-39)56-38-55(63-62(64-56)48-16-12-14-40(2)34-48)45-27-23-43(24-28-45)44-25-29-46(30-26-44)61-41(3)35-50(36-42(61)4)66-59-22-10-7-19-53(59)54-37-49(31-32-60(54)66)65-57-20-8-5-17-51(57)52-18-6-9-21-58(52)65/h5-38H,1-4H3. The summed E-state index contributed by atoms with van der Waals surface area (Å²) in [6.45, 7) is 8.71. The van der Waals surface area contributed by atoms with Crippen LogP contribution in [0.25, 0.3) is 111 Å². The highest BCUT2D eigenvalue weighted by atomic mass is 15.0. The van der Waals surface area contributed by atoms with Gasteiger partial charge in [-0.05, 0) is 128 Å². The van der Waals surface area contributed by atoms with Gasteiger partial charge < -0.3 is 9.13 Å². The van der Waals surface area contributed by atoms with E-state index in [2.05, 4.69) is 243 Å². The van der Waals surface area contributed by atoms with E-state index in [9.17, 15) is 0 Å². The molecule has 12 rings (SSSR count). The minimum absolute atomic E-state index is 0.728. The lowest BCUT2D eigenvalue weighted by Crippen LogP contribution is -1.98. The summed E-state index contributed by atoms with van der Waals surface area (Å²) in [4.78, 5) is 10.1. The predicted octanol–water partition coefficient (Wildman–Crippen LogP) is 16.2. The molecule has 0 aliphatic carbocycles. The lowest BCUT2D eigenvalue weighted by molar-refractivity contribution is 1.15. The van der Waals surface area contributed by atoms with Crippen LogP contribution in [0.3, 0.4) is 0 Å². The zero-order valence-corrected chi connectivity index (χ0v) is 37.4. The first kappa shape index (κ1) is 39.3. The normalized spacial score (nSPS) is 11.6. The molecule has 314 valence electrons. The molecule has 0 saturated carbocycles. The van der Waals surface area contributed by atoms with E-state index in [0.717, 1.165) is 45.2 Å². The van der Waals surface area contributed by atoms with Crippen LogP contribution in [0.1, 0.15) is 22.3 Å². The Morgan fingerprint density at radius 3 is 1.33 bits per heavy atom. The maximum absolute atomic E-state index is 5.10. The van der Waals surface area contributed by atoms with Gasteiger partial charge in [0.15, 0.2) is 5.82 Å². The Balaban J connectivity index is 0.865. The smallest absolute Gasteiger partial charge is 0.160 e. The molecule has 0 fully saturated rings. The summed E-state index contributed by atoms with van der Waals surface area (Å²) in [6, 6.07) is 74.7. The second kappa shape index (κ2) is 15.7. The molecule has 0 N–H and O–H groups in total. The van der Waals surface area contributed by atoms with Crippen LogP contribution in [0.2, 0.25) is 0 Å². The minimum Gasteiger partial charge on any atom is -0.309 e. The summed E-state index contributed by atoms with van der Waals surface area (Å²) >= 11 is 0. The highest BCUT2D eigenvalue weighted by Gasteiger charge is 2.18. The van der Waals surface area contributed by atoms with E-state index >= 15 is 0 Å². The second-order valence-electron chi connectivity index (χ2n) is 17.7. The van der Waals surface area contributed by atoms with Gasteiger partial charge in [0.25, 0.3) is 0 Å². The Morgan fingerprint density at radius 1 is 0.303 bits per heavy atom. The van der Waals surface area contributed by atoms with Crippen molar-refractivity contribution in [2.24, 2.45) is 0 Å². The van der Waals surface area contributed by atoms with Crippen molar-refractivity contribution in [2.45, 2.75) is 27.7 Å². The van der Waals surface area contributed by atoms with Crippen molar-refractivity contribution in [1.82, 2.24) is 19.1 Å². The quantitative estimate of drug-likeness (QED) is 0.160. The van der Waals surface area contributed by atoms with Gasteiger partial charge in [-0.2, -0.15) is 0 Å². The van der Waals surface area contributed by atoms with Crippen LogP contribution in [-0.4, -0.2) is 19.1 Å². The zero-order valence-electron chi connectivity index (χ0n) is 37.4. The third kappa shape index (κ3) is 6.69. The first-order valence-corrected chi connectivity index (χ1v) is 22.7. The Morgan fingerprint density at radius 2 is 0.758 bits per heavy atom. The van der Waals surface area contributed by atoms with Crippen molar-refractivity contribution < 1.29 is 0 Å².